The van der Waals surface area contributed by atoms with Crippen molar-refractivity contribution in [2.45, 2.75) is 26.2 Å². The summed E-state index contributed by atoms with van der Waals surface area (Å²) in [7, 11) is 0. The third-order valence-electron chi connectivity index (χ3n) is 4.11. The molecule has 1 aromatic heterocycles. The van der Waals surface area contributed by atoms with Crippen LogP contribution in [0, 0.1) is 0 Å². The van der Waals surface area contributed by atoms with Crippen molar-refractivity contribution in [2.24, 2.45) is 0 Å². The molecule has 0 radical (unpaired) electrons. The van der Waals surface area contributed by atoms with Crippen molar-refractivity contribution in [3.8, 4) is 0 Å². The molecular formula is C16H26ClN3OS. The third kappa shape index (κ3) is 6.24. The van der Waals surface area contributed by atoms with E-state index in [4.69, 9.17) is 11.6 Å². The number of carbonyl (C=O) groups is 1. The van der Waals surface area contributed by atoms with E-state index in [-0.39, 0.29) is 5.91 Å². The highest BCUT2D eigenvalue weighted by Gasteiger charge is 2.14. The normalized spacial score (nSPS) is 16.8. The molecule has 0 unspecified atom stereocenters. The summed E-state index contributed by atoms with van der Waals surface area (Å²) >= 11 is 7.43. The lowest BCUT2D eigenvalue weighted by molar-refractivity contribution is -0.121. The Morgan fingerprint density at radius 1 is 1.27 bits per heavy atom. The average molecular weight is 344 g/mol. The number of carbonyl (C=O) groups excluding carboxylic acids is 1. The number of thiophene rings is 1. The molecule has 0 bridgehead atoms. The van der Waals surface area contributed by atoms with Crippen LogP contribution in [0.15, 0.2) is 12.1 Å². The van der Waals surface area contributed by atoms with E-state index in [1.807, 2.05) is 12.1 Å². The maximum atomic E-state index is 11.8. The largest absolute Gasteiger partial charge is 0.356 e. The van der Waals surface area contributed by atoms with Gasteiger partial charge in [-0.3, -0.25) is 4.79 Å². The number of nitrogens with zero attached hydrogens (tertiary/aromatic N) is 2. The number of likely N-dealkylation sites (N-methyl/N-ethyl adjacent to an activating group) is 1. The lowest BCUT2D eigenvalue weighted by Gasteiger charge is -2.33. The van der Waals surface area contributed by atoms with Gasteiger partial charge in [-0.05, 0) is 38.1 Å². The van der Waals surface area contributed by atoms with Gasteiger partial charge in [-0.2, -0.15) is 0 Å². The minimum atomic E-state index is 0.139. The molecule has 0 spiro atoms. The van der Waals surface area contributed by atoms with Crippen molar-refractivity contribution in [1.82, 2.24) is 15.1 Å². The molecule has 2 heterocycles. The molecule has 1 aliphatic rings. The SMILES string of the molecule is CCN1CCN(CCCNC(=O)CCc2ccc(Cl)s2)CC1. The summed E-state index contributed by atoms with van der Waals surface area (Å²) in [6, 6.07) is 3.88. The van der Waals surface area contributed by atoms with E-state index >= 15 is 0 Å². The van der Waals surface area contributed by atoms with Crippen LogP contribution in [0.5, 0.6) is 0 Å². The van der Waals surface area contributed by atoms with E-state index in [9.17, 15) is 4.79 Å². The van der Waals surface area contributed by atoms with Gasteiger partial charge in [0.05, 0.1) is 4.34 Å². The summed E-state index contributed by atoms with van der Waals surface area (Å²) in [5.41, 5.74) is 0. The molecule has 0 saturated carbocycles. The molecule has 0 atom stereocenters. The minimum absolute atomic E-state index is 0.139. The number of nitrogens with one attached hydrogen (secondary N) is 1. The predicted octanol–water partition coefficient (Wildman–Crippen LogP) is 2.48. The van der Waals surface area contributed by atoms with Crippen molar-refractivity contribution >= 4 is 28.8 Å². The van der Waals surface area contributed by atoms with Gasteiger partial charge in [0.15, 0.2) is 0 Å². The second kappa shape index (κ2) is 9.50. The highest BCUT2D eigenvalue weighted by atomic mass is 35.5. The van der Waals surface area contributed by atoms with Gasteiger partial charge in [-0.15, -0.1) is 11.3 Å². The number of piperazine rings is 1. The highest BCUT2D eigenvalue weighted by Crippen LogP contribution is 2.22. The van der Waals surface area contributed by atoms with Crippen LogP contribution in [-0.4, -0.2) is 61.5 Å². The molecule has 1 fully saturated rings. The standard InChI is InChI=1S/C16H26ClN3OS/c1-2-19-10-12-20(13-11-19)9-3-8-18-16(21)7-5-14-4-6-15(17)22-14/h4,6H,2-3,5,7-13H2,1H3,(H,18,21). The summed E-state index contributed by atoms with van der Waals surface area (Å²) in [6.45, 7) is 9.88. The van der Waals surface area contributed by atoms with Gasteiger partial charge in [0.2, 0.25) is 5.91 Å². The van der Waals surface area contributed by atoms with Crippen LogP contribution in [0.25, 0.3) is 0 Å². The van der Waals surface area contributed by atoms with Gasteiger partial charge >= 0.3 is 0 Å². The fraction of sp³-hybridized carbons (Fsp3) is 0.688. The van der Waals surface area contributed by atoms with Crippen molar-refractivity contribution in [3.63, 3.8) is 0 Å². The molecule has 4 nitrogen and oxygen atoms in total. The molecule has 2 rings (SSSR count). The van der Waals surface area contributed by atoms with Crippen LogP contribution in [-0.2, 0) is 11.2 Å². The maximum Gasteiger partial charge on any atom is 0.220 e. The Balaban J connectivity index is 1.50. The summed E-state index contributed by atoms with van der Waals surface area (Å²) in [5.74, 6) is 0.139. The summed E-state index contributed by atoms with van der Waals surface area (Å²) in [5, 5.41) is 3.01. The Hall–Kier alpha value is -0.620. The van der Waals surface area contributed by atoms with Crippen LogP contribution in [0.2, 0.25) is 4.34 Å². The molecule has 6 heteroatoms. The molecular weight excluding hydrogens is 318 g/mol. The van der Waals surface area contributed by atoms with Crippen LogP contribution >= 0.6 is 22.9 Å². The first-order chi connectivity index (χ1) is 10.7. The van der Waals surface area contributed by atoms with Crippen molar-refractivity contribution in [2.75, 3.05) is 45.8 Å². The van der Waals surface area contributed by atoms with Crippen LogP contribution in [0.1, 0.15) is 24.6 Å². The monoisotopic (exact) mass is 343 g/mol. The Morgan fingerprint density at radius 2 is 2.00 bits per heavy atom. The summed E-state index contributed by atoms with van der Waals surface area (Å²) in [6.07, 6.45) is 2.36. The number of amides is 1. The number of rotatable bonds is 8. The van der Waals surface area contributed by atoms with E-state index in [1.165, 1.54) is 18.0 Å². The molecule has 1 N–H and O–H groups in total. The van der Waals surface area contributed by atoms with Crippen LogP contribution in [0.3, 0.4) is 0 Å². The Bertz CT molecular complexity index is 458. The first-order valence-electron chi connectivity index (χ1n) is 8.13. The summed E-state index contributed by atoms with van der Waals surface area (Å²) < 4.78 is 0.790. The number of aryl methyl sites for hydroxylation is 1. The topological polar surface area (TPSA) is 35.6 Å². The van der Waals surface area contributed by atoms with Gasteiger partial charge in [0.25, 0.3) is 0 Å². The van der Waals surface area contributed by atoms with Gasteiger partial charge in [-0.1, -0.05) is 18.5 Å². The molecule has 1 saturated heterocycles. The summed E-state index contributed by atoms with van der Waals surface area (Å²) in [4.78, 5) is 17.9. The number of halogens is 1. The van der Waals surface area contributed by atoms with E-state index in [1.54, 1.807) is 11.3 Å². The van der Waals surface area contributed by atoms with E-state index in [0.717, 1.165) is 49.9 Å². The van der Waals surface area contributed by atoms with E-state index in [0.29, 0.717) is 6.42 Å². The van der Waals surface area contributed by atoms with Gasteiger partial charge in [0, 0.05) is 44.0 Å². The second-order valence-electron chi connectivity index (χ2n) is 5.69. The zero-order chi connectivity index (χ0) is 15.8. The molecule has 0 aliphatic carbocycles. The van der Waals surface area contributed by atoms with Gasteiger partial charge < -0.3 is 15.1 Å². The van der Waals surface area contributed by atoms with E-state index < -0.39 is 0 Å². The Morgan fingerprint density at radius 3 is 2.64 bits per heavy atom. The number of hydrogen-bond acceptors (Lipinski definition) is 4. The third-order valence-corrected chi connectivity index (χ3v) is 5.40. The molecule has 1 aromatic rings. The fourth-order valence-electron chi connectivity index (χ4n) is 2.67. The zero-order valence-electron chi connectivity index (χ0n) is 13.3. The first kappa shape index (κ1) is 17.7. The van der Waals surface area contributed by atoms with Crippen molar-refractivity contribution in [1.29, 1.82) is 0 Å². The molecule has 124 valence electrons. The lowest BCUT2D eigenvalue weighted by Crippen LogP contribution is -2.46. The van der Waals surface area contributed by atoms with Crippen LogP contribution in [0.4, 0.5) is 0 Å². The maximum absolute atomic E-state index is 11.8. The van der Waals surface area contributed by atoms with E-state index in [2.05, 4.69) is 22.0 Å². The molecule has 1 amide bonds. The van der Waals surface area contributed by atoms with Gasteiger partial charge in [-0.25, -0.2) is 0 Å². The lowest BCUT2D eigenvalue weighted by atomic mass is 10.2. The Kier molecular flexibility index (Phi) is 7.66. The van der Waals surface area contributed by atoms with Gasteiger partial charge in [0.1, 0.15) is 0 Å². The molecule has 22 heavy (non-hydrogen) atoms. The van der Waals surface area contributed by atoms with Crippen LogP contribution < -0.4 is 5.32 Å². The molecule has 0 aromatic carbocycles. The fourth-order valence-corrected chi connectivity index (χ4v) is 3.76. The van der Waals surface area contributed by atoms with Crippen molar-refractivity contribution in [3.05, 3.63) is 21.3 Å². The molecule has 1 aliphatic heterocycles. The Labute approximate surface area is 142 Å². The quantitative estimate of drug-likeness (QED) is 0.736. The first-order valence-corrected chi connectivity index (χ1v) is 9.32. The number of hydrogen-bond donors (Lipinski definition) is 1. The smallest absolute Gasteiger partial charge is 0.220 e. The highest BCUT2D eigenvalue weighted by molar-refractivity contribution is 7.16. The average Bonchev–Trinajstić information content (AvgIpc) is 2.96. The minimum Gasteiger partial charge on any atom is -0.356 e. The van der Waals surface area contributed by atoms with Crippen molar-refractivity contribution < 1.29 is 4.79 Å². The second-order valence-corrected chi connectivity index (χ2v) is 7.48. The predicted molar refractivity (Wildman–Crippen MR) is 93.8 cm³/mol. The zero-order valence-corrected chi connectivity index (χ0v) is 14.9.